The summed E-state index contributed by atoms with van der Waals surface area (Å²) in [6.45, 7) is 3.72. The molecule has 0 aromatic heterocycles. The van der Waals surface area contributed by atoms with Gasteiger partial charge < -0.3 is 30.7 Å². The predicted octanol–water partition coefficient (Wildman–Crippen LogP) is 5.55. The first-order chi connectivity index (χ1) is 23.8. The zero-order valence-electron chi connectivity index (χ0n) is 28.9. The Morgan fingerprint density at radius 3 is 2.59 bits per heavy atom. The molecule has 1 saturated carbocycles. The summed E-state index contributed by atoms with van der Waals surface area (Å²) in [5, 5.41) is 38.1. The number of allylic oxidation sites excluding steroid dienone is 2. The lowest BCUT2D eigenvalue weighted by Gasteiger charge is -2.26. The minimum absolute atomic E-state index is 0.00249. The number of nitrogens with one attached hydrogen (secondary N) is 2. The van der Waals surface area contributed by atoms with Crippen molar-refractivity contribution in [2.45, 2.75) is 83.2 Å². The molecule has 5 rings (SSSR count). The van der Waals surface area contributed by atoms with Gasteiger partial charge in [-0.15, -0.1) is 0 Å². The Bertz CT molecular complexity index is 1570. The molecule has 1 heterocycles. The van der Waals surface area contributed by atoms with Crippen molar-refractivity contribution in [1.82, 2.24) is 10.6 Å². The number of fused-ring (bicyclic) bond motifs is 2. The van der Waals surface area contributed by atoms with Gasteiger partial charge in [-0.3, -0.25) is 9.59 Å². The van der Waals surface area contributed by atoms with Crippen LogP contribution in [-0.2, 0) is 16.0 Å². The number of aromatic hydroxyl groups is 1. The number of benzene rings is 2. The van der Waals surface area contributed by atoms with E-state index in [0.717, 1.165) is 54.6 Å². The number of hydrogen-bond donors (Lipinski definition) is 5. The molecular formula is C41H52N2O6. The molecule has 49 heavy (non-hydrogen) atoms. The first kappa shape index (κ1) is 36.2. The number of dihydropyridines is 1. The van der Waals surface area contributed by atoms with Crippen LogP contribution < -0.4 is 15.4 Å². The summed E-state index contributed by atoms with van der Waals surface area (Å²) in [7, 11) is 1.49. The van der Waals surface area contributed by atoms with Crippen LogP contribution in [0.1, 0.15) is 87.3 Å². The van der Waals surface area contributed by atoms with E-state index in [0.29, 0.717) is 38.1 Å². The van der Waals surface area contributed by atoms with Gasteiger partial charge in [-0.2, -0.15) is 0 Å². The Morgan fingerprint density at radius 1 is 1.02 bits per heavy atom. The molecule has 1 aliphatic heterocycles. The third-order valence-electron chi connectivity index (χ3n) is 10.3. The molecule has 0 radical (unpaired) electrons. The first-order valence-corrected chi connectivity index (χ1v) is 18.0. The van der Waals surface area contributed by atoms with Crippen molar-refractivity contribution in [3.63, 3.8) is 0 Å². The maximum absolute atomic E-state index is 14.1. The summed E-state index contributed by atoms with van der Waals surface area (Å²) < 4.78 is 5.42. The van der Waals surface area contributed by atoms with Crippen molar-refractivity contribution in [2.75, 3.05) is 26.8 Å². The Morgan fingerprint density at radius 2 is 1.84 bits per heavy atom. The Hall–Kier alpha value is -4.06. The second kappa shape index (κ2) is 17.6. The number of ketones is 2. The Balaban J connectivity index is 1.57. The van der Waals surface area contributed by atoms with Crippen molar-refractivity contribution in [2.24, 2.45) is 23.7 Å². The van der Waals surface area contributed by atoms with E-state index >= 15 is 0 Å². The summed E-state index contributed by atoms with van der Waals surface area (Å²) in [5.74, 6) is 6.77. The maximum atomic E-state index is 14.1. The van der Waals surface area contributed by atoms with Crippen LogP contribution in [-0.4, -0.2) is 59.8 Å². The summed E-state index contributed by atoms with van der Waals surface area (Å²) in [5.41, 5.74) is 3.77. The van der Waals surface area contributed by atoms with Gasteiger partial charge in [-0.25, -0.2) is 0 Å². The highest BCUT2D eigenvalue weighted by atomic mass is 16.5. The molecule has 0 amide bonds. The topological polar surface area (TPSA) is 128 Å². The van der Waals surface area contributed by atoms with Gasteiger partial charge in [-0.1, -0.05) is 74.4 Å². The molecule has 8 heteroatoms. The fourth-order valence-electron chi connectivity index (χ4n) is 7.77. The van der Waals surface area contributed by atoms with E-state index in [1.807, 2.05) is 30.3 Å². The quantitative estimate of drug-likeness (QED) is 0.120. The van der Waals surface area contributed by atoms with Gasteiger partial charge in [0.05, 0.1) is 18.8 Å². The molecule has 2 aromatic rings. The highest BCUT2D eigenvalue weighted by Crippen LogP contribution is 2.42. The van der Waals surface area contributed by atoms with E-state index in [2.05, 4.69) is 41.6 Å². The van der Waals surface area contributed by atoms with Crippen LogP contribution in [0.4, 0.5) is 0 Å². The molecule has 8 nitrogen and oxygen atoms in total. The van der Waals surface area contributed by atoms with Crippen molar-refractivity contribution >= 4 is 11.6 Å². The lowest BCUT2D eigenvalue weighted by atomic mass is 9.77. The summed E-state index contributed by atoms with van der Waals surface area (Å²) in [4.78, 5) is 27.6. The molecular weight excluding hydrogens is 616 g/mol. The van der Waals surface area contributed by atoms with Gasteiger partial charge in [0.15, 0.2) is 29.2 Å². The molecule has 6 atom stereocenters. The monoisotopic (exact) mass is 668 g/mol. The molecule has 5 N–H and O–H groups in total. The molecule has 2 aromatic carbocycles. The average Bonchev–Trinajstić information content (AvgIpc) is 3.28. The fourth-order valence-corrected chi connectivity index (χ4v) is 7.77. The van der Waals surface area contributed by atoms with Crippen LogP contribution in [0.25, 0.3) is 0 Å². The molecule has 0 unspecified atom stereocenters. The third kappa shape index (κ3) is 9.35. The van der Waals surface area contributed by atoms with Crippen molar-refractivity contribution in [1.29, 1.82) is 0 Å². The Labute approximate surface area is 291 Å². The molecule has 3 aliphatic rings. The van der Waals surface area contributed by atoms with Crippen molar-refractivity contribution in [3.05, 3.63) is 82.7 Å². The van der Waals surface area contributed by atoms with E-state index in [4.69, 9.17) is 4.74 Å². The second-order valence-corrected chi connectivity index (χ2v) is 13.8. The normalized spacial score (nSPS) is 25.8. The van der Waals surface area contributed by atoms with Crippen LogP contribution in [0, 0.1) is 35.5 Å². The van der Waals surface area contributed by atoms with Gasteiger partial charge in [0, 0.05) is 38.0 Å². The van der Waals surface area contributed by atoms with Gasteiger partial charge in [0.2, 0.25) is 0 Å². The summed E-state index contributed by atoms with van der Waals surface area (Å²) >= 11 is 0. The van der Waals surface area contributed by atoms with E-state index in [1.54, 1.807) is 12.1 Å². The fraction of sp³-hybridized carbons (Fsp3) is 0.512. The smallest absolute Gasteiger partial charge is 0.173 e. The van der Waals surface area contributed by atoms with Gasteiger partial charge in [0.1, 0.15) is 0 Å². The van der Waals surface area contributed by atoms with Crippen molar-refractivity contribution in [3.8, 4) is 23.3 Å². The Kier molecular flexibility index (Phi) is 13.0. The maximum Gasteiger partial charge on any atom is 0.173 e. The van der Waals surface area contributed by atoms with E-state index in [1.165, 1.54) is 12.7 Å². The van der Waals surface area contributed by atoms with Gasteiger partial charge in [-0.05, 0) is 90.8 Å². The molecule has 0 spiro atoms. The number of phenols is 1. The predicted molar refractivity (Wildman–Crippen MR) is 191 cm³/mol. The molecule has 1 fully saturated rings. The average molecular weight is 669 g/mol. The number of hydrogen-bond acceptors (Lipinski definition) is 8. The molecule has 0 bridgehead atoms. The van der Waals surface area contributed by atoms with Crippen molar-refractivity contribution < 1.29 is 29.6 Å². The molecule has 0 saturated heterocycles. The number of aliphatic hydroxyl groups excluding tert-OH is 2. The zero-order valence-corrected chi connectivity index (χ0v) is 28.9. The number of aryl methyl sites for hydroxylation is 1. The van der Waals surface area contributed by atoms with Crippen LogP contribution in [0.2, 0.25) is 0 Å². The SMILES string of the molecule is CCCC[C@@H]1C[C@@H](CC2=CCNC(NCCCO)=C2)C[C@H]2C#C[C@H](c3ccccc3)c3cc(O)c(OC)cc3CCC(=O)[C@H](O)C(=O)[C@H]2C1. The number of Topliss-reactive ketones (excluding diaryl/α,β-unsaturated/α-hetero) is 2. The zero-order chi connectivity index (χ0) is 34.8. The lowest BCUT2D eigenvalue weighted by molar-refractivity contribution is -0.142. The number of aliphatic hydroxyl groups is 2. The molecule has 262 valence electrons. The number of ether oxygens (including phenoxy) is 1. The number of carbonyl (C=O) groups excluding carboxylic acids is 2. The lowest BCUT2D eigenvalue weighted by Crippen LogP contribution is -2.38. The van der Waals surface area contributed by atoms with Crippen LogP contribution in [0.5, 0.6) is 11.5 Å². The van der Waals surface area contributed by atoms with Crippen LogP contribution in [0.15, 0.2) is 66.0 Å². The summed E-state index contributed by atoms with van der Waals surface area (Å²) in [6, 6.07) is 13.4. The largest absolute Gasteiger partial charge is 0.504 e. The molecule has 2 aliphatic carbocycles. The minimum atomic E-state index is -1.69. The van der Waals surface area contributed by atoms with Gasteiger partial charge >= 0.3 is 0 Å². The highest BCUT2D eigenvalue weighted by molar-refractivity contribution is 6.06. The summed E-state index contributed by atoms with van der Waals surface area (Å²) in [6.07, 6.45) is 9.81. The van der Waals surface area contributed by atoms with E-state index in [-0.39, 0.29) is 43.0 Å². The second-order valence-electron chi connectivity index (χ2n) is 13.8. The van der Waals surface area contributed by atoms with Crippen LogP contribution in [0.3, 0.4) is 0 Å². The van der Waals surface area contributed by atoms with E-state index in [9.17, 15) is 24.9 Å². The highest BCUT2D eigenvalue weighted by Gasteiger charge is 2.40. The number of carbonyl (C=O) groups is 2. The standard InChI is InChI=1S/C41H52N2O6/c1-3-4-9-27-20-29(21-28-16-18-43-39(24-28)42-17-8-19-44)22-31-12-14-33(30-10-6-5-7-11-30)34-26-37(46)38(49-2)25-32(34)13-15-36(45)41(48)40(47)35(31)23-27/h5-7,10-11,16,24-27,29,31,33,35,41-44,46,48H,3-4,8-9,13,15,17-23H2,1-2H3/t27-,29+,31-,33-,35+,41+/m1/s1. The number of unbranched alkanes of at least 4 members (excludes halogenated alkanes) is 1. The number of rotatable bonds is 11. The van der Waals surface area contributed by atoms with E-state index < -0.39 is 29.5 Å². The van der Waals surface area contributed by atoms with Gasteiger partial charge in [0.25, 0.3) is 0 Å². The minimum Gasteiger partial charge on any atom is -0.504 e. The number of phenolic OH excluding ortho intramolecular Hbond substituents is 1. The third-order valence-corrected chi connectivity index (χ3v) is 10.3. The number of methoxy groups -OCH3 is 1. The first-order valence-electron chi connectivity index (χ1n) is 18.0. The van der Waals surface area contributed by atoms with Crippen LogP contribution >= 0.6 is 0 Å².